The number of amides is 1. The summed E-state index contributed by atoms with van der Waals surface area (Å²) in [5.41, 5.74) is 3.85. The summed E-state index contributed by atoms with van der Waals surface area (Å²) < 4.78 is 10.7. The van der Waals surface area contributed by atoms with Crippen LogP contribution in [0, 0.1) is 6.92 Å². The average molecular weight is 334 g/mol. The van der Waals surface area contributed by atoms with Gasteiger partial charge >= 0.3 is 0 Å². The molecule has 1 aliphatic rings. The Balaban J connectivity index is 1.45. The molecule has 5 nitrogen and oxygen atoms in total. The zero-order valence-corrected chi connectivity index (χ0v) is 13.9. The summed E-state index contributed by atoms with van der Waals surface area (Å²) in [5.74, 6) is 1.48. The van der Waals surface area contributed by atoms with Gasteiger partial charge in [0.1, 0.15) is 0 Å². The highest BCUT2D eigenvalue weighted by Crippen LogP contribution is 2.32. The molecule has 0 saturated heterocycles. The van der Waals surface area contributed by atoms with E-state index in [2.05, 4.69) is 10.3 Å². The maximum absolute atomic E-state index is 12.4. The predicted octanol–water partition coefficient (Wildman–Crippen LogP) is 3.84. The van der Waals surface area contributed by atoms with Gasteiger partial charge in [-0.25, -0.2) is 0 Å². The largest absolute Gasteiger partial charge is 0.454 e. The van der Waals surface area contributed by atoms with E-state index in [-0.39, 0.29) is 12.7 Å². The van der Waals surface area contributed by atoms with E-state index in [1.54, 1.807) is 6.20 Å². The van der Waals surface area contributed by atoms with Crippen molar-refractivity contribution < 1.29 is 14.3 Å². The van der Waals surface area contributed by atoms with Gasteiger partial charge in [-0.1, -0.05) is 12.1 Å². The van der Waals surface area contributed by atoms with Gasteiger partial charge in [0.25, 0.3) is 0 Å². The van der Waals surface area contributed by atoms with Crippen LogP contribution in [0.3, 0.4) is 0 Å². The quantitative estimate of drug-likeness (QED) is 0.787. The Morgan fingerprint density at radius 1 is 1.16 bits per heavy atom. The summed E-state index contributed by atoms with van der Waals surface area (Å²) in [5, 5.41) is 3.96. The van der Waals surface area contributed by atoms with Gasteiger partial charge in [-0.05, 0) is 54.8 Å². The molecule has 0 aliphatic carbocycles. The number of pyridine rings is 1. The molecular weight excluding hydrogens is 316 g/mol. The molecule has 0 fully saturated rings. The molecule has 0 saturated carbocycles. The number of anilines is 1. The van der Waals surface area contributed by atoms with Gasteiger partial charge in [-0.3, -0.25) is 9.78 Å². The van der Waals surface area contributed by atoms with Gasteiger partial charge in [0.05, 0.1) is 11.2 Å². The van der Waals surface area contributed by atoms with Crippen LogP contribution in [0.15, 0.2) is 48.7 Å². The Labute approximate surface area is 145 Å². The lowest BCUT2D eigenvalue weighted by Gasteiger charge is -2.10. The maximum atomic E-state index is 12.4. The van der Waals surface area contributed by atoms with Crippen molar-refractivity contribution in [1.29, 1.82) is 0 Å². The Kier molecular flexibility index (Phi) is 3.98. The van der Waals surface area contributed by atoms with Crippen LogP contribution in [0.4, 0.5) is 5.69 Å². The summed E-state index contributed by atoms with van der Waals surface area (Å²) in [6.07, 6.45) is 2.81. The van der Waals surface area contributed by atoms with Gasteiger partial charge < -0.3 is 14.8 Å². The summed E-state index contributed by atoms with van der Waals surface area (Å²) in [4.78, 5) is 16.8. The van der Waals surface area contributed by atoms with Gasteiger partial charge in [0.2, 0.25) is 12.7 Å². The number of fused-ring (bicyclic) bond motifs is 2. The Bertz CT molecular complexity index is 953. The summed E-state index contributed by atoms with van der Waals surface area (Å²) in [7, 11) is 0. The van der Waals surface area contributed by atoms with Crippen LogP contribution in [-0.2, 0) is 11.2 Å². The van der Waals surface area contributed by atoms with Gasteiger partial charge in [0.15, 0.2) is 11.5 Å². The molecule has 0 unspecified atom stereocenters. The number of carbonyl (C=O) groups is 1. The number of hydrogen-bond donors (Lipinski definition) is 1. The minimum atomic E-state index is -0.0216. The second-order valence-corrected chi connectivity index (χ2v) is 6.07. The van der Waals surface area contributed by atoms with Crippen molar-refractivity contribution in [3.63, 3.8) is 0 Å². The Hall–Kier alpha value is -3.08. The number of aromatic nitrogens is 1. The molecule has 1 amide bonds. The number of carbonyl (C=O) groups excluding carboxylic acids is 1. The number of nitrogens with zero attached hydrogens (tertiary/aromatic N) is 1. The van der Waals surface area contributed by atoms with Crippen molar-refractivity contribution in [2.24, 2.45) is 0 Å². The number of benzene rings is 2. The van der Waals surface area contributed by atoms with E-state index >= 15 is 0 Å². The van der Waals surface area contributed by atoms with E-state index in [9.17, 15) is 4.79 Å². The molecule has 5 heteroatoms. The van der Waals surface area contributed by atoms with E-state index in [1.165, 1.54) is 0 Å². The van der Waals surface area contributed by atoms with E-state index in [0.717, 1.165) is 39.2 Å². The third-order valence-corrected chi connectivity index (χ3v) is 4.32. The molecule has 0 spiro atoms. The third-order valence-electron chi connectivity index (χ3n) is 4.32. The summed E-state index contributed by atoms with van der Waals surface area (Å²) in [6.45, 7) is 2.27. The summed E-state index contributed by atoms with van der Waals surface area (Å²) >= 11 is 0. The van der Waals surface area contributed by atoms with E-state index < -0.39 is 0 Å². The lowest BCUT2D eigenvalue weighted by atomic mass is 10.1. The average Bonchev–Trinajstić information content (AvgIpc) is 3.10. The number of rotatable bonds is 4. The molecule has 1 aliphatic heterocycles. The topological polar surface area (TPSA) is 60.5 Å². The fourth-order valence-electron chi connectivity index (χ4n) is 2.99. The smallest absolute Gasteiger partial charge is 0.231 e. The molecule has 126 valence electrons. The van der Waals surface area contributed by atoms with Gasteiger partial charge in [0, 0.05) is 18.0 Å². The predicted molar refractivity (Wildman–Crippen MR) is 96.0 cm³/mol. The van der Waals surface area contributed by atoms with Crippen molar-refractivity contribution in [2.75, 3.05) is 12.1 Å². The standard InChI is InChI=1S/C20H18N2O3/c1-13-4-7-16(15-3-2-10-21-20(13)15)22-19(23)9-6-14-5-8-17-18(11-14)25-12-24-17/h2-5,7-8,10-11H,6,9,12H2,1H3,(H,22,23). The van der Waals surface area contributed by atoms with Crippen molar-refractivity contribution in [3.05, 3.63) is 59.8 Å². The third kappa shape index (κ3) is 3.13. The highest BCUT2D eigenvalue weighted by atomic mass is 16.7. The molecule has 25 heavy (non-hydrogen) atoms. The number of ether oxygens (including phenoxy) is 2. The van der Waals surface area contributed by atoms with Gasteiger partial charge in [-0.15, -0.1) is 0 Å². The summed E-state index contributed by atoms with van der Waals surface area (Å²) in [6, 6.07) is 13.5. The second-order valence-electron chi connectivity index (χ2n) is 6.07. The van der Waals surface area contributed by atoms with E-state index in [1.807, 2.05) is 49.4 Å². The van der Waals surface area contributed by atoms with Crippen molar-refractivity contribution in [1.82, 2.24) is 4.98 Å². The molecule has 3 aromatic rings. The fourth-order valence-corrected chi connectivity index (χ4v) is 2.99. The lowest BCUT2D eigenvalue weighted by molar-refractivity contribution is -0.116. The molecular formula is C20H18N2O3. The van der Waals surface area contributed by atoms with Gasteiger partial charge in [-0.2, -0.15) is 0 Å². The molecule has 0 radical (unpaired) electrons. The molecule has 2 heterocycles. The first-order chi connectivity index (χ1) is 12.2. The van der Waals surface area contributed by atoms with E-state index in [0.29, 0.717) is 12.8 Å². The van der Waals surface area contributed by atoms with Crippen molar-refractivity contribution in [2.45, 2.75) is 19.8 Å². The van der Waals surface area contributed by atoms with Crippen LogP contribution in [0.5, 0.6) is 11.5 Å². The molecule has 1 N–H and O–H groups in total. The van der Waals surface area contributed by atoms with Crippen LogP contribution in [0.25, 0.3) is 10.9 Å². The number of hydrogen-bond acceptors (Lipinski definition) is 4. The van der Waals surface area contributed by atoms with Crippen LogP contribution in [-0.4, -0.2) is 17.7 Å². The molecule has 4 rings (SSSR count). The SMILES string of the molecule is Cc1ccc(NC(=O)CCc2ccc3c(c2)OCO3)c2cccnc12. The molecule has 1 aromatic heterocycles. The highest BCUT2D eigenvalue weighted by Gasteiger charge is 2.14. The zero-order chi connectivity index (χ0) is 17.2. The minimum Gasteiger partial charge on any atom is -0.454 e. The molecule has 0 bridgehead atoms. The zero-order valence-electron chi connectivity index (χ0n) is 13.9. The monoisotopic (exact) mass is 334 g/mol. The van der Waals surface area contributed by atoms with Crippen molar-refractivity contribution >= 4 is 22.5 Å². The number of nitrogens with one attached hydrogen (secondary N) is 1. The van der Waals surface area contributed by atoms with Crippen LogP contribution in [0.1, 0.15) is 17.5 Å². The molecule has 2 aromatic carbocycles. The van der Waals surface area contributed by atoms with E-state index in [4.69, 9.17) is 9.47 Å². The molecule has 0 atom stereocenters. The Morgan fingerprint density at radius 2 is 2.04 bits per heavy atom. The highest BCUT2D eigenvalue weighted by molar-refractivity contribution is 6.01. The maximum Gasteiger partial charge on any atom is 0.231 e. The second kappa shape index (κ2) is 6.43. The lowest BCUT2D eigenvalue weighted by Crippen LogP contribution is -2.12. The first kappa shape index (κ1) is 15.4. The van der Waals surface area contributed by atoms with Crippen LogP contribution in [0.2, 0.25) is 0 Å². The Morgan fingerprint density at radius 3 is 2.96 bits per heavy atom. The normalized spacial score (nSPS) is 12.4. The fraction of sp³-hybridized carbons (Fsp3) is 0.200. The first-order valence-electron chi connectivity index (χ1n) is 8.23. The van der Waals surface area contributed by atoms with Crippen LogP contribution >= 0.6 is 0 Å². The van der Waals surface area contributed by atoms with Crippen LogP contribution < -0.4 is 14.8 Å². The number of aryl methyl sites for hydroxylation is 2. The van der Waals surface area contributed by atoms with Crippen molar-refractivity contribution in [3.8, 4) is 11.5 Å². The first-order valence-corrected chi connectivity index (χ1v) is 8.23. The minimum absolute atomic E-state index is 0.0216.